The Morgan fingerprint density at radius 2 is 1.87 bits per heavy atom. The number of nitrogens with one attached hydrogen (secondary N) is 1. The molecule has 1 saturated carbocycles. The molecule has 0 spiro atoms. The Morgan fingerprint density at radius 3 is 2.27 bits per heavy atom. The van der Waals surface area contributed by atoms with Crippen molar-refractivity contribution in [3.05, 3.63) is 0 Å². The van der Waals surface area contributed by atoms with Crippen LogP contribution in [0.2, 0.25) is 0 Å². The second-order valence-electron chi connectivity index (χ2n) is 3.62. The maximum absolute atomic E-state index is 11.3. The van der Waals surface area contributed by atoms with E-state index in [2.05, 4.69) is 5.32 Å². The van der Waals surface area contributed by atoms with Gasteiger partial charge in [0.2, 0.25) is 0 Å². The summed E-state index contributed by atoms with van der Waals surface area (Å²) >= 11 is 0. The largest absolute Gasteiger partial charge is 0.363 e. The molecule has 0 aromatic rings. The van der Waals surface area contributed by atoms with Crippen molar-refractivity contribution in [3.63, 3.8) is 0 Å². The van der Waals surface area contributed by atoms with Crippen molar-refractivity contribution in [2.75, 3.05) is 7.05 Å². The van der Waals surface area contributed by atoms with Crippen LogP contribution in [0.25, 0.3) is 0 Å². The fourth-order valence-electron chi connectivity index (χ4n) is 1.88. The van der Waals surface area contributed by atoms with E-state index in [-0.39, 0.29) is 0 Å². The van der Waals surface area contributed by atoms with Crippen molar-refractivity contribution in [2.24, 2.45) is 0 Å². The Hall–Kier alpha value is -0.820. The molecule has 7 heteroatoms. The molecule has 0 bridgehead atoms. The van der Waals surface area contributed by atoms with Crippen LogP contribution in [0.1, 0.15) is 32.1 Å². The van der Waals surface area contributed by atoms with E-state index < -0.39 is 22.4 Å². The van der Waals surface area contributed by atoms with Gasteiger partial charge in [-0.3, -0.25) is 4.55 Å². The molecular formula is C8H16N2O4S. The van der Waals surface area contributed by atoms with Gasteiger partial charge in [0.05, 0.1) is 6.04 Å². The summed E-state index contributed by atoms with van der Waals surface area (Å²) in [7, 11) is -3.12. The van der Waals surface area contributed by atoms with Gasteiger partial charge >= 0.3 is 16.3 Å². The number of carbonyl (C=O) groups excluding carboxylic acids is 1. The molecule has 1 fully saturated rings. The molecule has 0 unspecified atom stereocenters. The van der Waals surface area contributed by atoms with Crippen LogP contribution in [0.15, 0.2) is 0 Å². The molecule has 2 amide bonds. The Balaban J connectivity index is 2.85. The van der Waals surface area contributed by atoms with Crippen LogP contribution < -0.4 is 5.32 Å². The monoisotopic (exact) mass is 236 g/mol. The highest BCUT2D eigenvalue weighted by Crippen LogP contribution is 2.24. The zero-order chi connectivity index (χ0) is 11.5. The SMILES string of the molecule is CNC(=O)N(C1CCCCC1)S(=O)(=O)O. The van der Waals surface area contributed by atoms with E-state index in [0.717, 1.165) is 19.3 Å². The molecule has 88 valence electrons. The zero-order valence-corrected chi connectivity index (χ0v) is 9.46. The van der Waals surface area contributed by atoms with Crippen LogP contribution in [0.5, 0.6) is 0 Å². The zero-order valence-electron chi connectivity index (χ0n) is 8.64. The van der Waals surface area contributed by atoms with Gasteiger partial charge in [-0.1, -0.05) is 19.3 Å². The molecule has 0 atom stereocenters. The standard InChI is InChI=1S/C8H16N2O4S/c1-9-8(11)10(15(12,13)14)7-5-3-2-4-6-7/h7H,2-6H2,1H3,(H,9,11)(H,12,13,14). The van der Waals surface area contributed by atoms with Crippen molar-refractivity contribution in [1.82, 2.24) is 9.62 Å². The molecule has 0 saturated heterocycles. The second-order valence-corrected chi connectivity index (χ2v) is 4.91. The van der Waals surface area contributed by atoms with Gasteiger partial charge in [-0.25, -0.2) is 4.79 Å². The molecule has 1 rings (SSSR count). The number of amides is 2. The third-order valence-electron chi connectivity index (χ3n) is 2.57. The lowest BCUT2D eigenvalue weighted by Crippen LogP contribution is -2.48. The summed E-state index contributed by atoms with van der Waals surface area (Å²) in [6, 6.07) is -1.18. The van der Waals surface area contributed by atoms with Gasteiger partial charge in [0, 0.05) is 7.05 Å². The summed E-state index contributed by atoms with van der Waals surface area (Å²) < 4.78 is 31.6. The number of hydrogen-bond acceptors (Lipinski definition) is 3. The Morgan fingerprint density at radius 1 is 1.33 bits per heavy atom. The predicted octanol–water partition coefficient (Wildman–Crippen LogP) is 0.763. The molecule has 0 aliphatic heterocycles. The van der Waals surface area contributed by atoms with Crippen LogP contribution in [0, 0.1) is 0 Å². The van der Waals surface area contributed by atoms with Gasteiger partial charge in [0.25, 0.3) is 0 Å². The van der Waals surface area contributed by atoms with Crippen molar-refractivity contribution in [3.8, 4) is 0 Å². The van der Waals surface area contributed by atoms with Crippen molar-refractivity contribution < 1.29 is 17.8 Å². The number of nitrogens with zero attached hydrogens (tertiary/aromatic N) is 1. The maximum Gasteiger partial charge on any atom is 0.363 e. The van der Waals surface area contributed by atoms with Crippen LogP contribution >= 0.6 is 0 Å². The smallest absolute Gasteiger partial charge is 0.340 e. The van der Waals surface area contributed by atoms with E-state index in [9.17, 15) is 13.2 Å². The lowest BCUT2D eigenvalue weighted by Gasteiger charge is -2.30. The minimum absolute atomic E-state index is 0.409. The first kappa shape index (κ1) is 12.3. The fraction of sp³-hybridized carbons (Fsp3) is 0.875. The summed E-state index contributed by atoms with van der Waals surface area (Å²) in [5, 5.41) is 2.22. The first-order valence-electron chi connectivity index (χ1n) is 4.95. The van der Waals surface area contributed by atoms with E-state index in [0.29, 0.717) is 17.1 Å². The van der Waals surface area contributed by atoms with Crippen LogP contribution in [0.3, 0.4) is 0 Å². The van der Waals surface area contributed by atoms with Crippen LogP contribution in [0.4, 0.5) is 4.79 Å². The molecule has 6 nitrogen and oxygen atoms in total. The molecule has 15 heavy (non-hydrogen) atoms. The summed E-state index contributed by atoms with van der Waals surface area (Å²) in [5.41, 5.74) is 0. The Kier molecular flexibility index (Phi) is 3.92. The van der Waals surface area contributed by atoms with Gasteiger partial charge < -0.3 is 5.32 Å². The maximum atomic E-state index is 11.3. The number of urea groups is 1. The van der Waals surface area contributed by atoms with Gasteiger partial charge in [-0.15, -0.1) is 0 Å². The lowest BCUT2D eigenvalue weighted by molar-refractivity contribution is 0.195. The average molecular weight is 236 g/mol. The summed E-state index contributed by atoms with van der Waals surface area (Å²) in [6.07, 6.45) is 4.05. The van der Waals surface area contributed by atoms with E-state index in [1.54, 1.807) is 0 Å². The molecule has 1 aliphatic carbocycles. The van der Waals surface area contributed by atoms with Crippen molar-refractivity contribution in [1.29, 1.82) is 0 Å². The van der Waals surface area contributed by atoms with Crippen molar-refractivity contribution >= 4 is 16.3 Å². The first-order chi connectivity index (χ1) is 6.96. The Bertz CT molecular complexity index is 322. The number of carbonyl (C=O) groups is 1. The van der Waals surface area contributed by atoms with E-state index >= 15 is 0 Å². The van der Waals surface area contributed by atoms with Crippen molar-refractivity contribution in [2.45, 2.75) is 38.1 Å². The third kappa shape index (κ3) is 3.07. The molecule has 2 N–H and O–H groups in total. The molecular weight excluding hydrogens is 220 g/mol. The number of rotatable bonds is 2. The fourth-order valence-corrected chi connectivity index (χ4v) is 2.77. The first-order valence-corrected chi connectivity index (χ1v) is 6.35. The minimum Gasteiger partial charge on any atom is -0.340 e. The van der Waals surface area contributed by atoms with Gasteiger partial charge in [-0.2, -0.15) is 12.7 Å². The highest BCUT2D eigenvalue weighted by atomic mass is 32.2. The summed E-state index contributed by atoms with van der Waals surface area (Å²) in [4.78, 5) is 11.3. The normalized spacial score (nSPS) is 18.5. The van der Waals surface area contributed by atoms with E-state index in [1.165, 1.54) is 7.05 Å². The minimum atomic E-state index is -4.45. The third-order valence-corrected chi connectivity index (χ3v) is 3.53. The highest BCUT2D eigenvalue weighted by molar-refractivity contribution is 7.84. The van der Waals surface area contributed by atoms with Crippen LogP contribution in [-0.4, -0.2) is 36.4 Å². The van der Waals surface area contributed by atoms with E-state index in [1.807, 2.05) is 0 Å². The molecule has 0 aromatic heterocycles. The summed E-state index contributed by atoms with van der Waals surface area (Å²) in [5.74, 6) is 0. The number of hydrogen-bond donors (Lipinski definition) is 2. The Labute approximate surface area is 89.5 Å². The van der Waals surface area contributed by atoms with Gasteiger partial charge in [0.1, 0.15) is 0 Å². The quantitative estimate of drug-likeness (QED) is 0.693. The average Bonchev–Trinajstić information content (AvgIpc) is 2.17. The van der Waals surface area contributed by atoms with Crippen LogP contribution in [-0.2, 0) is 10.3 Å². The van der Waals surface area contributed by atoms with E-state index in [4.69, 9.17) is 4.55 Å². The highest BCUT2D eigenvalue weighted by Gasteiger charge is 2.33. The molecule has 1 aliphatic rings. The van der Waals surface area contributed by atoms with Gasteiger partial charge in [0.15, 0.2) is 0 Å². The molecule has 0 heterocycles. The summed E-state index contributed by atoms with van der Waals surface area (Å²) in [6.45, 7) is 0. The predicted molar refractivity (Wildman–Crippen MR) is 54.7 cm³/mol. The molecule has 0 radical (unpaired) electrons. The lowest BCUT2D eigenvalue weighted by atomic mass is 9.96. The van der Waals surface area contributed by atoms with Gasteiger partial charge in [-0.05, 0) is 12.8 Å². The topological polar surface area (TPSA) is 86.7 Å². The molecule has 0 aromatic carbocycles. The second kappa shape index (κ2) is 4.80.